The van der Waals surface area contributed by atoms with Gasteiger partial charge in [0.2, 0.25) is 0 Å². The number of pyridine rings is 2. The van der Waals surface area contributed by atoms with Crippen LogP contribution in [0.3, 0.4) is 0 Å². The highest BCUT2D eigenvalue weighted by atomic mass is 32.1. The molecule has 0 saturated heterocycles. The summed E-state index contributed by atoms with van der Waals surface area (Å²) in [5.74, 6) is 0. The Labute approximate surface area is 359 Å². The van der Waals surface area contributed by atoms with Gasteiger partial charge in [-0.3, -0.25) is 0 Å². The van der Waals surface area contributed by atoms with Gasteiger partial charge in [0.15, 0.2) is 0 Å². The largest absolute Gasteiger partial charge is 0.248 e. The molecular weight excluding hydrogens is 757 g/mol. The van der Waals surface area contributed by atoms with E-state index in [0.717, 1.165) is 67.3 Å². The van der Waals surface area contributed by atoms with E-state index in [-0.39, 0.29) is 0 Å². The first-order chi connectivity index (χ1) is 30.2. The molecule has 0 radical (unpaired) electrons. The van der Waals surface area contributed by atoms with Gasteiger partial charge in [0.1, 0.15) is 0 Å². The molecule has 61 heavy (non-hydrogen) atoms. The summed E-state index contributed by atoms with van der Waals surface area (Å²) in [6, 6.07) is 82.3. The zero-order chi connectivity index (χ0) is 40.5. The molecule has 0 amide bonds. The lowest BCUT2D eigenvalue weighted by molar-refractivity contribution is 1.32. The molecule has 3 heteroatoms. The first-order valence-electron chi connectivity index (χ1n) is 20.6. The number of nitrogens with zero attached hydrogens (tertiary/aromatic N) is 2. The Bertz CT molecular complexity index is 3000. The zero-order valence-corrected chi connectivity index (χ0v) is 34.1. The molecule has 11 rings (SSSR count). The van der Waals surface area contributed by atoms with Gasteiger partial charge in [-0.05, 0) is 105 Å². The Kier molecular flexibility index (Phi) is 9.42. The molecule has 8 aromatic carbocycles. The van der Waals surface area contributed by atoms with Crippen molar-refractivity contribution in [1.82, 2.24) is 9.97 Å². The lowest BCUT2D eigenvalue weighted by Crippen LogP contribution is -1.91. The molecule has 0 aliphatic heterocycles. The van der Waals surface area contributed by atoms with E-state index < -0.39 is 0 Å². The van der Waals surface area contributed by atoms with Crippen molar-refractivity contribution in [3.63, 3.8) is 0 Å². The van der Waals surface area contributed by atoms with E-state index in [1.54, 1.807) is 0 Å². The number of benzene rings is 8. The number of thiophene rings is 1. The van der Waals surface area contributed by atoms with E-state index in [4.69, 9.17) is 9.97 Å². The summed E-state index contributed by atoms with van der Waals surface area (Å²) in [6.07, 6.45) is 0. The van der Waals surface area contributed by atoms with Crippen molar-refractivity contribution in [2.24, 2.45) is 0 Å². The van der Waals surface area contributed by atoms with Crippen LogP contribution in [0, 0.1) is 0 Å². The molecule has 3 heterocycles. The van der Waals surface area contributed by atoms with Crippen LogP contribution >= 0.6 is 11.3 Å². The Morgan fingerprint density at radius 3 is 0.820 bits per heavy atom. The maximum Gasteiger partial charge on any atom is 0.0715 e. The molecule has 0 saturated carbocycles. The quantitative estimate of drug-likeness (QED) is 0.153. The summed E-state index contributed by atoms with van der Waals surface area (Å²) < 4.78 is 2.57. The molecular formula is C58H38N2S. The smallest absolute Gasteiger partial charge is 0.0715 e. The maximum absolute atomic E-state index is 5.11. The summed E-state index contributed by atoms with van der Waals surface area (Å²) >= 11 is 1.85. The van der Waals surface area contributed by atoms with Crippen LogP contribution in [0.2, 0.25) is 0 Å². The second kappa shape index (κ2) is 15.8. The van der Waals surface area contributed by atoms with E-state index >= 15 is 0 Å². The van der Waals surface area contributed by atoms with Gasteiger partial charge in [-0.15, -0.1) is 11.3 Å². The fourth-order valence-corrected chi connectivity index (χ4v) is 9.38. The number of rotatable bonds is 8. The molecule has 2 nitrogen and oxygen atoms in total. The fourth-order valence-electron chi connectivity index (χ4n) is 8.31. The van der Waals surface area contributed by atoms with Crippen LogP contribution in [-0.2, 0) is 0 Å². The van der Waals surface area contributed by atoms with Crippen LogP contribution in [0.25, 0.3) is 110 Å². The molecule has 0 bridgehead atoms. The summed E-state index contributed by atoms with van der Waals surface area (Å²) in [5, 5.41) is 2.55. The van der Waals surface area contributed by atoms with Crippen LogP contribution in [0.15, 0.2) is 231 Å². The maximum atomic E-state index is 5.11. The number of hydrogen-bond donors (Lipinski definition) is 0. The Morgan fingerprint density at radius 1 is 0.213 bits per heavy atom. The van der Waals surface area contributed by atoms with E-state index in [9.17, 15) is 0 Å². The minimum atomic E-state index is 0.963. The van der Waals surface area contributed by atoms with Gasteiger partial charge < -0.3 is 0 Å². The van der Waals surface area contributed by atoms with E-state index in [0.29, 0.717) is 0 Å². The number of hydrogen-bond acceptors (Lipinski definition) is 3. The van der Waals surface area contributed by atoms with Crippen molar-refractivity contribution in [3.8, 4) is 89.5 Å². The normalized spacial score (nSPS) is 11.3. The van der Waals surface area contributed by atoms with Crippen LogP contribution in [-0.4, -0.2) is 9.97 Å². The Balaban J connectivity index is 0.962. The van der Waals surface area contributed by atoms with Gasteiger partial charge in [0.05, 0.1) is 22.8 Å². The van der Waals surface area contributed by atoms with Crippen LogP contribution in [0.4, 0.5) is 0 Å². The zero-order valence-electron chi connectivity index (χ0n) is 33.2. The van der Waals surface area contributed by atoms with Crippen LogP contribution in [0.1, 0.15) is 0 Å². The highest BCUT2D eigenvalue weighted by Gasteiger charge is 2.14. The number of aromatic nitrogens is 2. The van der Waals surface area contributed by atoms with Crippen molar-refractivity contribution in [3.05, 3.63) is 231 Å². The topological polar surface area (TPSA) is 25.8 Å². The molecule has 0 spiro atoms. The molecule has 0 aliphatic rings. The van der Waals surface area contributed by atoms with Crippen LogP contribution < -0.4 is 0 Å². The monoisotopic (exact) mass is 794 g/mol. The number of fused-ring (bicyclic) bond motifs is 3. The average molecular weight is 795 g/mol. The molecule has 11 aromatic rings. The summed E-state index contributed by atoms with van der Waals surface area (Å²) in [4.78, 5) is 10.2. The lowest BCUT2D eigenvalue weighted by atomic mass is 9.95. The second-order valence-electron chi connectivity index (χ2n) is 15.4. The molecule has 0 fully saturated rings. The predicted molar refractivity (Wildman–Crippen MR) is 258 cm³/mol. The minimum absolute atomic E-state index is 0.963. The Hall–Kier alpha value is -7.72. The third kappa shape index (κ3) is 7.33. The van der Waals surface area contributed by atoms with Crippen molar-refractivity contribution in [1.29, 1.82) is 0 Å². The molecule has 0 unspecified atom stereocenters. The fraction of sp³-hybridized carbons (Fsp3) is 0. The first-order valence-corrected chi connectivity index (χ1v) is 21.4. The van der Waals surface area contributed by atoms with Gasteiger partial charge in [0, 0.05) is 42.4 Å². The van der Waals surface area contributed by atoms with Gasteiger partial charge in [-0.2, -0.15) is 0 Å². The summed E-state index contributed by atoms with van der Waals surface area (Å²) in [5.41, 5.74) is 17.6. The first kappa shape index (κ1) is 36.4. The van der Waals surface area contributed by atoms with Gasteiger partial charge >= 0.3 is 0 Å². The summed E-state index contributed by atoms with van der Waals surface area (Å²) in [6.45, 7) is 0. The van der Waals surface area contributed by atoms with Gasteiger partial charge in [0.25, 0.3) is 0 Å². The lowest BCUT2D eigenvalue weighted by Gasteiger charge is -2.12. The van der Waals surface area contributed by atoms with Crippen LogP contribution in [0.5, 0.6) is 0 Å². The van der Waals surface area contributed by atoms with Crippen molar-refractivity contribution >= 4 is 31.5 Å². The molecule has 0 N–H and O–H groups in total. The molecule has 286 valence electrons. The highest BCUT2D eigenvalue weighted by Crippen LogP contribution is 2.40. The van der Waals surface area contributed by atoms with Crippen molar-refractivity contribution < 1.29 is 0 Å². The second-order valence-corrected chi connectivity index (χ2v) is 16.5. The van der Waals surface area contributed by atoms with E-state index in [1.165, 1.54) is 42.4 Å². The predicted octanol–water partition coefficient (Wildman–Crippen LogP) is 16.2. The summed E-state index contributed by atoms with van der Waals surface area (Å²) in [7, 11) is 0. The highest BCUT2D eigenvalue weighted by molar-refractivity contribution is 7.25. The third-order valence-corrected chi connectivity index (χ3v) is 12.6. The van der Waals surface area contributed by atoms with Crippen molar-refractivity contribution in [2.45, 2.75) is 0 Å². The standard InChI is InChI=1S/C58H38N2S/c1-5-15-39(16-6-1)53-35-49(36-54(59-53)40-17-7-2-8-18-40)45-25-13-23-43(31-45)47-27-29-57-51(33-47)52-34-48(28-30-58(52)61-57)44-24-14-26-46(32-44)50-37-55(41-19-9-3-10-20-41)60-56(38-50)42-21-11-4-12-22-42/h1-38H. The minimum Gasteiger partial charge on any atom is -0.248 e. The average Bonchev–Trinajstić information content (AvgIpc) is 3.72. The SMILES string of the molecule is c1ccc(-c2cc(-c3cccc(-c4ccc5sc6ccc(-c7cccc(-c8cc(-c9ccccc9)nc(-c9ccccc9)c8)c7)cc6c5c4)c3)cc(-c3ccccc3)n2)cc1. The van der Waals surface area contributed by atoms with E-state index in [1.807, 2.05) is 35.6 Å². The third-order valence-electron chi connectivity index (χ3n) is 11.5. The van der Waals surface area contributed by atoms with Crippen molar-refractivity contribution in [2.75, 3.05) is 0 Å². The molecule has 0 atom stereocenters. The Morgan fingerprint density at radius 2 is 0.492 bits per heavy atom. The van der Waals surface area contributed by atoms with Gasteiger partial charge in [-0.25, -0.2) is 9.97 Å². The molecule has 0 aliphatic carbocycles. The van der Waals surface area contributed by atoms with Gasteiger partial charge in [-0.1, -0.05) is 170 Å². The van der Waals surface area contributed by atoms with E-state index in [2.05, 4.69) is 206 Å². The molecule has 3 aromatic heterocycles.